The molecule has 8 nitrogen and oxygen atoms in total. The molecule has 0 saturated heterocycles. The van der Waals surface area contributed by atoms with E-state index in [1.165, 1.54) is 55.3 Å². The SMILES string of the molecule is CCNC(=O)[C@@H](C)N(Cc1ccccc1F)C(=O)CN(c1cccc(OC)c1)S(=O)(=O)c1ccc(C)cc1. The van der Waals surface area contributed by atoms with E-state index < -0.39 is 40.2 Å². The number of aryl methyl sites for hydroxylation is 1. The predicted molar refractivity (Wildman–Crippen MR) is 144 cm³/mol. The molecule has 3 rings (SSSR count). The minimum Gasteiger partial charge on any atom is -0.497 e. The van der Waals surface area contributed by atoms with Crippen molar-refractivity contribution in [2.45, 2.75) is 38.3 Å². The lowest BCUT2D eigenvalue weighted by atomic mass is 10.1. The third-order valence-corrected chi connectivity index (χ3v) is 7.83. The number of rotatable bonds is 11. The average molecular weight is 542 g/mol. The van der Waals surface area contributed by atoms with Gasteiger partial charge in [-0.1, -0.05) is 42.0 Å². The summed E-state index contributed by atoms with van der Waals surface area (Å²) in [6.07, 6.45) is 0. The van der Waals surface area contributed by atoms with Gasteiger partial charge < -0.3 is 15.0 Å². The zero-order valence-electron chi connectivity index (χ0n) is 21.8. The molecule has 0 saturated carbocycles. The second-order valence-corrected chi connectivity index (χ2v) is 10.6. The van der Waals surface area contributed by atoms with E-state index in [0.717, 1.165) is 9.87 Å². The molecule has 3 aromatic rings. The maximum atomic E-state index is 14.5. The van der Waals surface area contributed by atoms with Gasteiger partial charge in [-0.15, -0.1) is 0 Å². The number of amides is 2. The summed E-state index contributed by atoms with van der Waals surface area (Å²) in [5.41, 5.74) is 1.28. The zero-order valence-corrected chi connectivity index (χ0v) is 22.7. The maximum absolute atomic E-state index is 14.5. The number of methoxy groups -OCH3 is 1. The highest BCUT2D eigenvalue weighted by Gasteiger charge is 2.33. The fourth-order valence-electron chi connectivity index (χ4n) is 3.85. The van der Waals surface area contributed by atoms with Crippen LogP contribution >= 0.6 is 0 Å². The molecule has 1 atom stereocenters. The number of hydrogen-bond donors (Lipinski definition) is 1. The first kappa shape index (κ1) is 28.6. The van der Waals surface area contributed by atoms with E-state index in [4.69, 9.17) is 4.74 Å². The largest absolute Gasteiger partial charge is 0.497 e. The molecule has 38 heavy (non-hydrogen) atoms. The summed E-state index contributed by atoms with van der Waals surface area (Å²) in [5.74, 6) is -1.25. The number of nitrogens with zero attached hydrogens (tertiary/aromatic N) is 2. The molecule has 2 amide bonds. The molecule has 10 heteroatoms. The quantitative estimate of drug-likeness (QED) is 0.397. The molecule has 3 aromatic carbocycles. The Morgan fingerprint density at radius 3 is 2.34 bits per heavy atom. The number of nitrogens with one attached hydrogen (secondary N) is 1. The minimum absolute atomic E-state index is 0.00357. The van der Waals surface area contributed by atoms with Crippen molar-refractivity contribution < 1.29 is 27.1 Å². The van der Waals surface area contributed by atoms with Crippen LogP contribution in [0.1, 0.15) is 25.0 Å². The Bertz CT molecular complexity index is 1380. The first-order valence-corrected chi connectivity index (χ1v) is 13.6. The van der Waals surface area contributed by atoms with Crippen LogP contribution in [0.3, 0.4) is 0 Å². The lowest BCUT2D eigenvalue weighted by Gasteiger charge is -2.32. The Morgan fingerprint density at radius 2 is 1.71 bits per heavy atom. The highest BCUT2D eigenvalue weighted by molar-refractivity contribution is 7.92. The Hall–Kier alpha value is -3.92. The summed E-state index contributed by atoms with van der Waals surface area (Å²) in [7, 11) is -2.75. The molecule has 202 valence electrons. The van der Waals surface area contributed by atoms with Crippen LogP contribution in [0.25, 0.3) is 0 Å². The van der Waals surface area contributed by atoms with Gasteiger partial charge in [0.25, 0.3) is 10.0 Å². The van der Waals surface area contributed by atoms with Crippen molar-refractivity contribution in [3.8, 4) is 5.75 Å². The molecule has 0 fully saturated rings. The average Bonchev–Trinajstić information content (AvgIpc) is 2.91. The van der Waals surface area contributed by atoms with Crippen molar-refractivity contribution in [3.05, 3.63) is 89.7 Å². The van der Waals surface area contributed by atoms with E-state index in [2.05, 4.69) is 5.32 Å². The van der Waals surface area contributed by atoms with Crippen LogP contribution in [-0.4, -0.2) is 51.4 Å². The van der Waals surface area contributed by atoms with Crippen molar-refractivity contribution in [1.82, 2.24) is 10.2 Å². The van der Waals surface area contributed by atoms with Crippen LogP contribution in [0.2, 0.25) is 0 Å². The summed E-state index contributed by atoms with van der Waals surface area (Å²) < 4.78 is 48.4. The van der Waals surface area contributed by atoms with Gasteiger partial charge >= 0.3 is 0 Å². The lowest BCUT2D eigenvalue weighted by Crippen LogP contribution is -2.51. The van der Waals surface area contributed by atoms with Gasteiger partial charge in [0.1, 0.15) is 24.2 Å². The molecule has 0 heterocycles. The molecule has 0 radical (unpaired) electrons. The second kappa shape index (κ2) is 12.6. The van der Waals surface area contributed by atoms with Crippen molar-refractivity contribution >= 4 is 27.5 Å². The standard InChI is InChI=1S/C28H32FN3O5S/c1-5-30-28(34)21(3)31(18-22-9-6-7-12-26(22)29)27(33)19-32(23-10-8-11-24(17-23)37-4)38(35,36)25-15-13-20(2)14-16-25/h6-17,21H,5,18-19H2,1-4H3,(H,30,34)/t21-/m1/s1. The van der Waals surface area contributed by atoms with Gasteiger partial charge in [0.2, 0.25) is 11.8 Å². The predicted octanol–water partition coefficient (Wildman–Crippen LogP) is 3.89. The van der Waals surface area contributed by atoms with E-state index >= 15 is 0 Å². The topological polar surface area (TPSA) is 96.0 Å². The minimum atomic E-state index is -4.21. The van der Waals surface area contributed by atoms with Crippen molar-refractivity contribution in [2.75, 3.05) is 24.5 Å². The number of carbonyl (C=O) groups excluding carboxylic acids is 2. The number of halogens is 1. The summed E-state index contributed by atoms with van der Waals surface area (Å²) in [5, 5.41) is 2.67. The van der Waals surface area contributed by atoms with Gasteiger partial charge in [-0.05, 0) is 51.1 Å². The van der Waals surface area contributed by atoms with Gasteiger partial charge in [-0.3, -0.25) is 13.9 Å². The van der Waals surface area contributed by atoms with Gasteiger partial charge in [0.15, 0.2) is 0 Å². The Morgan fingerprint density at radius 1 is 1.03 bits per heavy atom. The third kappa shape index (κ3) is 6.69. The molecule has 0 bridgehead atoms. The van der Waals surface area contributed by atoms with Crippen LogP contribution in [0.5, 0.6) is 5.75 Å². The summed E-state index contributed by atoms with van der Waals surface area (Å²) in [4.78, 5) is 27.7. The summed E-state index contributed by atoms with van der Waals surface area (Å²) in [6, 6.07) is 17.5. The van der Waals surface area contributed by atoms with Crippen molar-refractivity contribution in [1.29, 1.82) is 0 Å². The number of anilines is 1. The zero-order chi connectivity index (χ0) is 27.9. The normalized spacial score (nSPS) is 11.9. The summed E-state index contributed by atoms with van der Waals surface area (Å²) >= 11 is 0. The fraction of sp³-hybridized carbons (Fsp3) is 0.286. The summed E-state index contributed by atoms with van der Waals surface area (Å²) in [6.45, 7) is 4.59. The van der Waals surface area contributed by atoms with E-state index in [0.29, 0.717) is 12.3 Å². The van der Waals surface area contributed by atoms with E-state index in [-0.39, 0.29) is 22.7 Å². The Labute approximate surface area is 223 Å². The number of carbonyl (C=O) groups is 2. The highest BCUT2D eigenvalue weighted by Crippen LogP contribution is 2.28. The van der Waals surface area contributed by atoms with Gasteiger partial charge in [-0.2, -0.15) is 0 Å². The number of likely N-dealkylation sites (N-methyl/N-ethyl adjacent to an activating group) is 1. The van der Waals surface area contributed by atoms with E-state index in [9.17, 15) is 22.4 Å². The number of benzene rings is 3. The monoisotopic (exact) mass is 541 g/mol. The lowest BCUT2D eigenvalue weighted by molar-refractivity contribution is -0.139. The maximum Gasteiger partial charge on any atom is 0.264 e. The molecule has 0 aliphatic rings. The van der Waals surface area contributed by atoms with Crippen LogP contribution in [0, 0.1) is 12.7 Å². The molecular formula is C28H32FN3O5S. The molecule has 0 aromatic heterocycles. The molecule has 0 aliphatic carbocycles. The number of sulfonamides is 1. The highest BCUT2D eigenvalue weighted by atomic mass is 32.2. The number of hydrogen-bond acceptors (Lipinski definition) is 5. The molecule has 0 spiro atoms. The molecule has 0 unspecified atom stereocenters. The Balaban J connectivity index is 2.06. The smallest absolute Gasteiger partial charge is 0.264 e. The van der Waals surface area contributed by atoms with Gasteiger partial charge in [0, 0.05) is 24.7 Å². The van der Waals surface area contributed by atoms with E-state index in [1.54, 1.807) is 43.3 Å². The molecule has 1 N–H and O–H groups in total. The van der Waals surface area contributed by atoms with Crippen molar-refractivity contribution in [2.24, 2.45) is 0 Å². The van der Waals surface area contributed by atoms with Gasteiger partial charge in [-0.25, -0.2) is 12.8 Å². The van der Waals surface area contributed by atoms with Crippen molar-refractivity contribution in [3.63, 3.8) is 0 Å². The first-order valence-electron chi connectivity index (χ1n) is 12.1. The number of ether oxygens (including phenoxy) is 1. The van der Waals surface area contributed by atoms with E-state index in [1.807, 2.05) is 6.92 Å². The van der Waals surface area contributed by atoms with Crippen LogP contribution in [0.4, 0.5) is 10.1 Å². The fourth-order valence-corrected chi connectivity index (χ4v) is 5.25. The van der Waals surface area contributed by atoms with Crippen LogP contribution in [-0.2, 0) is 26.2 Å². The molecular weight excluding hydrogens is 509 g/mol. The third-order valence-electron chi connectivity index (χ3n) is 6.05. The van der Waals surface area contributed by atoms with Crippen LogP contribution < -0.4 is 14.4 Å². The van der Waals surface area contributed by atoms with Crippen LogP contribution in [0.15, 0.2) is 77.7 Å². The second-order valence-electron chi connectivity index (χ2n) is 8.71. The Kier molecular flexibility index (Phi) is 9.46. The molecule has 0 aliphatic heterocycles. The first-order chi connectivity index (χ1) is 18.1. The van der Waals surface area contributed by atoms with Gasteiger partial charge in [0.05, 0.1) is 17.7 Å².